The first-order valence-corrected chi connectivity index (χ1v) is 7.78. The monoisotopic (exact) mass is 316 g/mol. The molecule has 3 aliphatic rings. The number of benzene rings is 1. The van der Waals surface area contributed by atoms with E-state index in [9.17, 15) is 9.90 Å². The highest BCUT2D eigenvalue weighted by Gasteiger charge is 2.56. The number of ether oxygens (including phenoxy) is 1. The third-order valence-corrected chi connectivity index (χ3v) is 4.89. The highest BCUT2D eigenvalue weighted by atomic mass is 16.5. The summed E-state index contributed by atoms with van der Waals surface area (Å²) >= 11 is 0. The molecule has 2 atom stereocenters. The summed E-state index contributed by atoms with van der Waals surface area (Å²) in [5.41, 5.74) is 12.5. The molecule has 2 unspecified atom stereocenters. The Morgan fingerprint density at radius 1 is 1.39 bits per heavy atom. The van der Waals surface area contributed by atoms with Crippen molar-refractivity contribution < 1.29 is 14.6 Å². The van der Waals surface area contributed by atoms with Crippen molar-refractivity contribution in [3.63, 3.8) is 0 Å². The molecular weight excluding hydrogens is 296 g/mol. The van der Waals surface area contributed by atoms with E-state index in [0.717, 1.165) is 11.3 Å². The number of hydrogen-bond acceptors (Lipinski definition) is 7. The summed E-state index contributed by atoms with van der Waals surface area (Å²) in [4.78, 5) is 12.2. The normalized spacial score (nSPS) is 31.4. The van der Waals surface area contributed by atoms with Crippen LogP contribution in [0.2, 0.25) is 0 Å². The molecule has 7 N–H and O–H groups in total. The lowest BCUT2D eigenvalue weighted by Crippen LogP contribution is -2.67. The summed E-state index contributed by atoms with van der Waals surface area (Å²) in [5.74, 6) is 0.291. The lowest BCUT2D eigenvalue weighted by Gasteiger charge is -2.50. The molecule has 2 aliphatic heterocycles. The summed E-state index contributed by atoms with van der Waals surface area (Å²) in [6, 6.07) is 3.70. The minimum absolute atomic E-state index is 0.182. The number of fused-ring (bicyclic) bond motifs is 2. The van der Waals surface area contributed by atoms with Crippen molar-refractivity contribution >= 4 is 17.2 Å². The summed E-state index contributed by atoms with van der Waals surface area (Å²) in [5, 5.41) is 16.6. The van der Waals surface area contributed by atoms with E-state index in [4.69, 9.17) is 16.2 Å². The fraction of sp³-hybridized carbons (Fsp3) is 0.438. The Hall–Kier alpha value is -2.09. The molecule has 1 aromatic rings. The van der Waals surface area contributed by atoms with E-state index >= 15 is 0 Å². The maximum Gasteiger partial charge on any atom is 0.204 e. The zero-order valence-electron chi connectivity index (χ0n) is 12.7. The number of ketones is 1. The minimum Gasteiger partial charge on any atom is -0.479 e. The molecule has 23 heavy (non-hydrogen) atoms. The van der Waals surface area contributed by atoms with Crippen molar-refractivity contribution in [1.82, 2.24) is 5.32 Å². The zero-order chi connectivity index (χ0) is 16.2. The van der Waals surface area contributed by atoms with Gasteiger partial charge in [0, 0.05) is 37.2 Å². The second-order valence-corrected chi connectivity index (χ2v) is 6.44. The fourth-order valence-electron chi connectivity index (χ4n) is 3.66. The average molecular weight is 316 g/mol. The molecule has 7 heteroatoms. The number of carbonyl (C=O) groups excluding carboxylic acids is 1. The molecule has 0 saturated carbocycles. The Morgan fingerprint density at radius 2 is 2.22 bits per heavy atom. The van der Waals surface area contributed by atoms with Crippen LogP contribution in [-0.2, 0) is 11.2 Å². The molecule has 1 aromatic carbocycles. The highest BCUT2D eigenvalue weighted by Crippen LogP contribution is 2.48. The van der Waals surface area contributed by atoms with Crippen LogP contribution >= 0.6 is 0 Å². The van der Waals surface area contributed by atoms with Gasteiger partial charge in [-0.2, -0.15) is 0 Å². The Labute approximate surface area is 133 Å². The smallest absolute Gasteiger partial charge is 0.204 e. The van der Waals surface area contributed by atoms with Crippen molar-refractivity contribution in [2.45, 2.75) is 30.6 Å². The Morgan fingerprint density at radius 3 is 3.00 bits per heavy atom. The van der Waals surface area contributed by atoms with Gasteiger partial charge in [0.2, 0.25) is 5.78 Å². The molecular formula is C16H20N4O3. The van der Waals surface area contributed by atoms with Crippen molar-refractivity contribution in [3.05, 3.63) is 29.5 Å². The third kappa shape index (κ3) is 2.04. The number of nitrogen functional groups attached to an aromatic ring is 1. The standard InChI is InChI=1S/C16H20N4O3/c17-3-1-9-5-11-12(6-10(9)18)23-15-2-4-19-16(22,8-15)14(21)7-13(15)20-11/h5-7,19-20,22H,1-4,8,17-18H2. The van der Waals surface area contributed by atoms with E-state index in [1.54, 1.807) is 6.07 Å². The van der Waals surface area contributed by atoms with E-state index in [0.29, 0.717) is 43.1 Å². The summed E-state index contributed by atoms with van der Waals surface area (Å²) in [7, 11) is 0. The molecule has 4 rings (SSSR count). The van der Waals surface area contributed by atoms with Crippen LogP contribution in [0.5, 0.6) is 5.75 Å². The minimum atomic E-state index is -1.55. The molecule has 2 bridgehead atoms. The molecule has 0 amide bonds. The van der Waals surface area contributed by atoms with Crippen LogP contribution in [0, 0.1) is 0 Å². The van der Waals surface area contributed by atoms with Crippen LogP contribution < -0.4 is 26.8 Å². The van der Waals surface area contributed by atoms with Crippen molar-refractivity contribution in [2.24, 2.45) is 5.73 Å². The largest absolute Gasteiger partial charge is 0.479 e. The van der Waals surface area contributed by atoms with E-state index in [-0.39, 0.29) is 12.2 Å². The van der Waals surface area contributed by atoms with Crippen LogP contribution in [-0.4, -0.2) is 35.3 Å². The van der Waals surface area contributed by atoms with Gasteiger partial charge in [-0.1, -0.05) is 0 Å². The number of aliphatic hydroxyl groups is 1. The molecule has 0 aromatic heterocycles. The molecule has 122 valence electrons. The lowest BCUT2D eigenvalue weighted by molar-refractivity contribution is -0.150. The van der Waals surface area contributed by atoms with E-state index in [1.807, 2.05) is 6.07 Å². The van der Waals surface area contributed by atoms with Gasteiger partial charge in [-0.15, -0.1) is 0 Å². The van der Waals surface area contributed by atoms with Gasteiger partial charge in [-0.05, 0) is 24.6 Å². The van der Waals surface area contributed by atoms with Crippen molar-refractivity contribution in [3.8, 4) is 5.75 Å². The second-order valence-electron chi connectivity index (χ2n) is 6.44. The zero-order valence-corrected chi connectivity index (χ0v) is 12.7. The first-order chi connectivity index (χ1) is 11.0. The quantitative estimate of drug-likeness (QED) is 0.481. The Bertz CT molecular complexity index is 732. The lowest BCUT2D eigenvalue weighted by atomic mass is 9.75. The maximum absolute atomic E-state index is 12.2. The van der Waals surface area contributed by atoms with Gasteiger partial charge in [-0.25, -0.2) is 0 Å². The van der Waals surface area contributed by atoms with Crippen LogP contribution in [0.1, 0.15) is 18.4 Å². The van der Waals surface area contributed by atoms with Gasteiger partial charge in [0.05, 0.1) is 11.4 Å². The number of carbonyl (C=O) groups is 1. The number of hydrogen-bond donors (Lipinski definition) is 5. The topological polar surface area (TPSA) is 123 Å². The van der Waals surface area contributed by atoms with E-state index < -0.39 is 11.3 Å². The van der Waals surface area contributed by atoms with Gasteiger partial charge >= 0.3 is 0 Å². The maximum atomic E-state index is 12.2. The highest BCUT2D eigenvalue weighted by molar-refractivity contribution is 5.99. The molecule has 1 spiro atoms. The van der Waals surface area contributed by atoms with Crippen LogP contribution in [0.15, 0.2) is 23.9 Å². The molecule has 2 heterocycles. The number of nitrogens with one attached hydrogen (secondary N) is 2. The van der Waals surface area contributed by atoms with Gasteiger partial charge in [0.25, 0.3) is 0 Å². The average Bonchev–Trinajstić information content (AvgIpc) is 2.49. The first-order valence-electron chi connectivity index (χ1n) is 7.78. The number of rotatable bonds is 2. The fourth-order valence-corrected chi connectivity index (χ4v) is 3.66. The van der Waals surface area contributed by atoms with Crippen LogP contribution in [0.25, 0.3) is 0 Å². The van der Waals surface area contributed by atoms with Gasteiger partial charge in [0.1, 0.15) is 5.75 Å². The molecule has 0 radical (unpaired) electrons. The van der Waals surface area contributed by atoms with Gasteiger partial charge in [0.15, 0.2) is 11.3 Å². The summed E-state index contributed by atoms with van der Waals surface area (Å²) in [6.07, 6.45) is 2.96. The van der Waals surface area contributed by atoms with Crippen molar-refractivity contribution in [1.29, 1.82) is 0 Å². The predicted octanol–water partition coefficient (Wildman–Crippen LogP) is -0.148. The van der Waals surface area contributed by atoms with Gasteiger partial charge < -0.3 is 26.6 Å². The molecule has 1 aliphatic carbocycles. The van der Waals surface area contributed by atoms with Gasteiger partial charge in [-0.3, -0.25) is 10.1 Å². The number of nitrogens with two attached hydrogens (primary N) is 2. The summed E-state index contributed by atoms with van der Waals surface area (Å²) in [6.45, 7) is 1.00. The molecule has 7 nitrogen and oxygen atoms in total. The first kappa shape index (κ1) is 14.5. The second kappa shape index (κ2) is 4.70. The van der Waals surface area contributed by atoms with Crippen LogP contribution in [0.4, 0.5) is 11.4 Å². The SMILES string of the molecule is NCCc1cc2c(cc1N)OC13CCNC(O)(C1)C(=O)C=C3N2. The van der Waals surface area contributed by atoms with Crippen LogP contribution in [0.3, 0.4) is 0 Å². The molecule has 1 saturated heterocycles. The predicted molar refractivity (Wildman–Crippen MR) is 85.9 cm³/mol. The third-order valence-electron chi connectivity index (χ3n) is 4.89. The Balaban J connectivity index is 1.79. The Kier molecular flexibility index (Phi) is 2.96. The summed E-state index contributed by atoms with van der Waals surface area (Å²) < 4.78 is 6.23. The molecule has 1 fully saturated rings. The number of piperidine rings is 1. The number of anilines is 2. The van der Waals surface area contributed by atoms with E-state index in [1.165, 1.54) is 6.08 Å². The van der Waals surface area contributed by atoms with E-state index in [2.05, 4.69) is 10.6 Å². The van der Waals surface area contributed by atoms with Crippen molar-refractivity contribution in [2.75, 3.05) is 24.1 Å².